The van der Waals surface area contributed by atoms with Crippen molar-refractivity contribution in [3.63, 3.8) is 0 Å². The van der Waals surface area contributed by atoms with Gasteiger partial charge in [-0.15, -0.1) is 0 Å². The Morgan fingerprint density at radius 1 is 0.966 bits per heavy atom. The van der Waals surface area contributed by atoms with Crippen molar-refractivity contribution >= 4 is 5.91 Å². The summed E-state index contributed by atoms with van der Waals surface area (Å²) in [6, 6.07) is 15.6. The van der Waals surface area contributed by atoms with Gasteiger partial charge in [-0.3, -0.25) is 4.79 Å². The number of benzene rings is 2. The van der Waals surface area contributed by atoms with Crippen LogP contribution in [0.2, 0.25) is 0 Å². The number of likely N-dealkylation sites (tertiary alicyclic amines) is 1. The molecular formula is C23H26N2O4. The average molecular weight is 394 g/mol. The molecular weight excluding hydrogens is 368 g/mol. The second-order valence-corrected chi connectivity index (χ2v) is 7.84. The lowest BCUT2D eigenvalue weighted by molar-refractivity contribution is -0.0707. The predicted molar refractivity (Wildman–Crippen MR) is 108 cm³/mol. The molecule has 2 aromatic carbocycles. The quantitative estimate of drug-likeness (QED) is 0.798. The molecule has 0 spiro atoms. The van der Waals surface area contributed by atoms with Crippen molar-refractivity contribution in [3.05, 3.63) is 59.7 Å². The fraction of sp³-hybridized carbons (Fsp3) is 0.435. The second kappa shape index (κ2) is 8.05. The van der Waals surface area contributed by atoms with Crippen LogP contribution in [0.25, 0.3) is 0 Å². The molecule has 3 heterocycles. The molecule has 29 heavy (non-hydrogen) atoms. The summed E-state index contributed by atoms with van der Waals surface area (Å²) in [6.07, 6.45) is 2.44. The summed E-state index contributed by atoms with van der Waals surface area (Å²) in [6.45, 7) is 4.40. The Balaban J connectivity index is 1.45. The molecule has 5 rings (SSSR count). The molecule has 6 heteroatoms. The lowest BCUT2D eigenvalue weighted by Crippen LogP contribution is -2.51. The number of carbonyl (C=O) groups is 1. The van der Waals surface area contributed by atoms with Crippen molar-refractivity contribution in [3.8, 4) is 11.5 Å². The summed E-state index contributed by atoms with van der Waals surface area (Å²) in [5.41, 5.74) is 1.74. The molecule has 0 radical (unpaired) electrons. The summed E-state index contributed by atoms with van der Waals surface area (Å²) in [4.78, 5) is 17.9. The van der Waals surface area contributed by atoms with E-state index in [-0.39, 0.29) is 24.8 Å². The van der Waals surface area contributed by atoms with Crippen LogP contribution < -0.4 is 9.47 Å². The highest BCUT2D eigenvalue weighted by Gasteiger charge is 2.38. The molecule has 1 amide bonds. The van der Waals surface area contributed by atoms with Crippen LogP contribution in [0.3, 0.4) is 0 Å². The van der Waals surface area contributed by atoms with Crippen LogP contribution in [0.5, 0.6) is 11.5 Å². The molecule has 2 saturated heterocycles. The molecule has 0 N–H and O–H groups in total. The van der Waals surface area contributed by atoms with Crippen molar-refractivity contribution < 1.29 is 19.0 Å². The van der Waals surface area contributed by atoms with E-state index in [1.54, 1.807) is 6.07 Å². The molecule has 0 bridgehead atoms. The lowest BCUT2D eigenvalue weighted by atomic mass is 9.96. The standard InChI is InChI=1S/C23H26N2O4/c26-23(18-8-9-19-20(14-18)29-16-28-19)25-12-13-27-21(15-24-10-4-5-11-24)22(25)17-6-2-1-3-7-17/h1-3,6-9,14,21-22H,4-5,10-13,15-16H2/t21-,22-/m0/s1. The molecule has 0 unspecified atom stereocenters. The fourth-order valence-electron chi connectivity index (χ4n) is 4.57. The van der Waals surface area contributed by atoms with Crippen LogP contribution in [0.4, 0.5) is 0 Å². The molecule has 3 aliphatic heterocycles. The average Bonchev–Trinajstić information content (AvgIpc) is 3.45. The molecule has 2 atom stereocenters. The van der Waals surface area contributed by atoms with Gasteiger partial charge in [-0.25, -0.2) is 0 Å². The van der Waals surface area contributed by atoms with E-state index in [0.717, 1.165) is 25.2 Å². The SMILES string of the molecule is O=C(c1ccc2c(c1)OCO2)N1CCO[C@@H](CN2CCCC2)[C@@H]1c1ccccc1. The highest BCUT2D eigenvalue weighted by atomic mass is 16.7. The molecule has 2 fully saturated rings. The first-order valence-corrected chi connectivity index (χ1v) is 10.4. The van der Waals surface area contributed by atoms with Crippen molar-refractivity contribution in [2.45, 2.75) is 25.0 Å². The Labute approximate surface area is 171 Å². The van der Waals surface area contributed by atoms with E-state index in [1.807, 2.05) is 35.2 Å². The van der Waals surface area contributed by atoms with E-state index >= 15 is 0 Å². The van der Waals surface area contributed by atoms with Gasteiger partial charge in [0.2, 0.25) is 6.79 Å². The Morgan fingerprint density at radius 2 is 1.76 bits per heavy atom. The third kappa shape index (κ3) is 3.70. The summed E-state index contributed by atoms with van der Waals surface area (Å²) >= 11 is 0. The molecule has 0 aromatic heterocycles. The van der Waals surface area contributed by atoms with Gasteiger partial charge in [0.15, 0.2) is 11.5 Å². The molecule has 3 aliphatic rings. The van der Waals surface area contributed by atoms with E-state index < -0.39 is 0 Å². The van der Waals surface area contributed by atoms with E-state index in [0.29, 0.717) is 30.2 Å². The Morgan fingerprint density at radius 3 is 2.59 bits per heavy atom. The topological polar surface area (TPSA) is 51.2 Å². The number of nitrogens with zero attached hydrogens (tertiary/aromatic N) is 2. The first kappa shape index (κ1) is 18.5. The van der Waals surface area contributed by atoms with Gasteiger partial charge in [0.25, 0.3) is 5.91 Å². The number of rotatable bonds is 4. The van der Waals surface area contributed by atoms with Crippen LogP contribution in [-0.4, -0.2) is 61.4 Å². The molecule has 2 aromatic rings. The zero-order chi connectivity index (χ0) is 19.6. The van der Waals surface area contributed by atoms with E-state index in [1.165, 1.54) is 12.8 Å². The van der Waals surface area contributed by atoms with Crippen LogP contribution in [-0.2, 0) is 4.74 Å². The highest BCUT2D eigenvalue weighted by Crippen LogP contribution is 2.35. The zero-order valence-corrected chi connectivity index (χ0v) is 16.5. The van der Waals surface area contributed by atoms with E-state index in [9.17, 15) is 4.79 Å². The summed E-state index contributed by atoms with van der Waals surface area (Å²) in [5, 5.41) is 0. The van der Waals surface area contributed by atoms with E-state index in [4.69, 9.17) is 14.2 Å². The smallest absolute Gasteiger partial charge is 0.254 e. The number of fused-ring (bicyclic) bond motifs is 1. The maximum atomic E-state index is 13.5. The molecule has 152 valence electrons. The minimum absolute atomic E-state index is 0.00637. The molecule has 0 saturated carbocycles. The predicted octanol–water partition coefficient (Wildman–Crippen LogP) is 3.09. The number of hydrogen-bond acceptors (Lipinski definition) is 5. The third-order valence-electron chi connectivity index (χ3n) is 6.01. The highest BCUT2D eigenvalue weighted by molar-refractivity contribution is 5.95. The van der Waals surface area contributed by atoms with Crippen molar-refractivity contribution in [2.24, 2.45) is 0 Å². The van der Waals surface area contributed by atoms with Gasteiger partial charge in [0.1, 0.15) is 0 Å². The number of hydrogen-bond donors (Lipinski definition) is 0. The fourth-order valence-corrected chi connectivity index (χ4v) is 4.57. The lowest BCUT2D eigenvalue weighted by Gasteiger charge is -2.42. The number of carbonyl (C=O) groups excluding carboxylic acids is 1. The third-order valence-corrected chi connectivity index (χ3v) is 6.01. The summed E-state index contributed by atoms with van der Waals surface area (Å²) < 4.78 is 17.1. The normalized spacial score (nSPS) is 24.1. The minimum atomic E-state index is -0.108. The Kier molecular flexibility index (Phi) is 5.12. The Hall–Kier alpha value is -2.57. The van der Waals surface area contributed by atoms with Crippen LogP contribution in [0, 0.1) is 0 Å². The van der Waals surface area contributed by atoms with Crippen LogP contribution in [0.1, 0.15) is 34.8 Å². The number of ether oxygens (including phenoxy) is 3. The van der Waals surface area contributed by atoms with Gasteiger partial charge in [0.05, 0.1) is 18.8 Å². The summed E-state index contributed by atoms with van der Waals surface area (Å²) in [5.74, 6) is 1.33. The van der Waals surface area contributed by atoms with Gasteiger partial charge in [-0.05, 0) is 49.7 Å². The first-order valence-electron chi connectivity index (χ1n) is 10.4. The van der Waals surface area contributed by atoms with E-state index in [2.05, 4.69) is 17.0 Å². The minimum Gasteiger partial charge on any atom is -0.454 e. The monoisotopic (exact) mass is 394 g/mol. The van der Waals surface area contributed by atoms with Gasteiger partial charge in [-0.1, -0.05) is 30.3 Å². The maximum Gasteiger partial charge on any atom is 0.254 e. The number of amides is 1. The van der Waals surface area contributed by atoms with Crippen LogP contribution >= 0.6 is 0 Å². The first-order chi connectivity index (χ1) is 14.3. The Bertz CT molecular complexity index is 866. The van der Waals surface area contributed by atoms with Crippen LogP contribution in [0.15, 0.2) is 48.5 Å². The molecule has 6 nitrogen and oxygen atoms in total. The molecule has 0 aliphatic carbocycles. The van der Waals surface area contributed by atoms with Crippen molar-refractivity contribution in [1.82, 2.24) is 9.80 Å². The van der Waals surface area contributed by atoms with Crippen molar-refractivity contribution in [2.75, 3.05) is 39.6 Å². The van der Waals surface area contributed by atoms with Gasteiger partial charge >= 0.3 is 0 Å². The maximum absolute atomic E-state index is 13.5. The number of morpholine rings is 1. The second-order valence-electron chi connectivity index (χ2n) is 7.84. The van der Waals surface area contributed by atoms with Crippen molar-refractivity contribution in [1.29, 1.82) is 0 Å². The van der Waals surface area contributed by atoms with Gasteiger partial charge in [0, 0.05) is 18.7 Å². The summed E-state index contributed by atoms with van der Waals surface area (Å²) in [7, 11) is 0. The largest absolute Gasteiger partial charge is 0.454 e. The zero-order valence-electron chi connectivity index (χ0n) is 16.5. The van der Waals surface area contributed by atoms with Gasteiger partial charge in [-0.2, -0.15) is 0 Å². The van der Waals surface area contributed by atoms with Gasteiger partial charge < -0.3 is 24.0 Å².